The van der Waals surface area contributed by atoms with Crippen LogP contribution in [0, 0.1) is 13.8 Å². The molecule has 5 nitrogen and oxygen atoms in total. The van der Waals surface area contributed by atoms with Crippen molar-refractivity contribution in [1.29, 1.82) is 0 Å². The Balaban J connectivity index is 0.00000338. The van der Waals surface area contributed by atoms with E-state index >= 15 is 0 Å². The third-order valence-corrected chi connectivity index (χ3v) is 4.26. The quantitative estimate of drug-likeness (QED) is 0.268. The number of guanidine groups is 1. The predicted molar refractivity (Wildman–Crippen MR) is 120 cm³/mol. The summed E-state index contributed by atoms with van der Waals surface area (Å²) < 4.78 is 2.07. The summed E-state index contributed by atoms with van der Waals surface area (Å²) in [5, 5.41) is 11.4. The predicted octanol–water partition coefficient (Wildman–Crippen LogP) is 3.69. The Hall–Kier alpha value is -1.57. The molecule has 0 aliphatic rings. The average Bonchev–Trinajstić information content (AvgIpc) is 2.94. The molecular weight excluding hydrogens is 437 g/mol. The minimum atomic E-state index is 0. The Bertz CT molecular complexity index is 666. The zero-order valence-corrected chi connectivity index (χ0v) is 18.7. The molecule has 0 saturated carbocycles. The van der Waals surface area contributed by atoms with Gasteiger partial charge >= 0.3 is 0 Å². The van der Waals surface area contributed by atoms with E-state index in [1.54, 1.807) is 0 Å². The monoisotopic (exact) mass is 469 g/mol. The number of aliphatic imine (C=N–C) groups is 1. The third kappa shape index (κ3) is 7.76. The van der Waals surface area contributed by atoms with Gasteiger partial charge in [-0.15, -0.1) is 24.0 Å². The molecule has 0 aliphatic carbocycles. The number of hydrogen-bond donors (Lipinski definition) is 2. The smallest absolute Gasteiger partial charge is 0.191 e. The highest BCUT2D eigenvalue weighted by atomic mass is 127. The Kier molecular flexibility index (Phi) is 10.3. The van der Waals surface area contributed by atoms with E-state index in [1.165, 1.54) is 11.3 Å². The van der Waals surface area contributed by atoms with Crippen LogP contribution in [0.3, 0.4) is 0 Å². The van der Waals surface area contributed by atoms with E-state index in [9.17, 15) is 0 Å². The summed E-state index contributed by atoms with van der Waals surface area (Å²) in [6, 6.07) is 13.1. The van der Waals surface area contributed by atoms with Crippen LogP contribution in [0.5, 0.6) is 0 Å². The molecule has 0 aliphatic heterocycles. The highest BCUT2D eigenvalue weighted by Gasteiger charge is 2.06. The summed E-state index contributed by atoms with van der Waals surface area (Å²) >= 11 is 0. The van der Waals surface area contributed by atoms with Crippen LogP contribution < -0.4 is 10.6 Å². The van der Waals surface area contributed by atoms with E-state index in [-0.39, 0.29) is 24.0 Å². The Labute approximate surface area is 174 Å². The summed E-state index contributed by atoms with van der Waals surface area (Å²) in [5.74, 6) is 0.869. The van der Waals surface area contributed by atoms with Crippen LogP contribution in [0.4, 0.5) is 0 Å². The number of hydrogen-bond acceptors (Lipinski definition) is 2. The van der Waals surface area contributed by atoms with E-state index in [0.717, 1.165) is 44.0 Å². The summed E-state index contributed by atoms with van der Waals surface area (Å²) in [5.41, 5.74) is 3.67. The van der Waals surface area contributed by atoms with E-state index < -0.39 is 0 Å². The van der Waals surface area contributed by atoms with Crippen molar-refractivity contribution in [3.05, 3.63) is 53.3 Å². The molecule has 2 N–H and O–H groups in total. The second-order valence-electron chi connectivity index (χ2n) is 6.57. The summed E-state index contributed by atoms with van der Waals surface area (Å²) in [7, 11) is 1.82. The number of benzene rings is 1. The van der Waals surface area contributed by atoms with Gasteiger partial charge in [-0.05, 0) is 51.7 Å². The summed E-state index contributed by atoms with van der Waals surface area (Å²) in [4.78, 5) is 4.32. The minimum absolute atomic E-state index is 0. The normalized spacial score (nSPS) is 12.4. The van der Waals surface area contributed by atoms with Crippen LogP contribution in [0.1, 0.15) is 36.7 Å². The number of aromatic nitrogens is 2. The number of nitrogens with one attached hydrogen (secondary N) is 2. The first-order valence-electron chi connectivity index (χ1n) is 9.10. The topological polar surface area (TPSA) is 54.2 Å². The largest absolute Gasteiger partial charge is 0.356 e. The molecule has 0 amide bonds. The molecule has 0 fully saturated rings. The molecule has 1 unspecified atom stereocenters. The zero-order valence-electron chi connectivity index (χ0n) is 16.3. The van der Waals surface area contributed by atoms with E-state index in [4.69, 9.17) is 0 Å². The van der Waals surface area contributed by atoms with Crippen molar-refractivity contribution in [3.8, 4) is 0 Å². The molecule has 1 heterocycles. The van der Waals surface area contributed by atoms with Gasteiger partial charge in [-0.3, -0.25) is 9.67 Å². The van der Waals surface area contributed by atoms with E-state index in [1.807, 2.05) is 14.0 Å². The summed E-state index contributed by atoms with van der Waals surface area (Å²) in [6.45, 7) is 8.13. The number of aryl methyl sites for hydroxylation is 4. The van der Waals surface area contributed by atoms with Crippen molar-refractivity contribution in [1.82, 2.24) is 20.4 Å². The van der Waals surface area contributed by atoms with Gasteiger partial charge in [0, 0.05) is 31.9 Å². The molecule has 2 aromatic rings. The molecule has 0 bridgehead atoms. The van der Waals surface area contributed by atoms with Crippen LogP contribution in [0.2, 0.25) is 0 Å². The molecular formula is C20H32IN5. The molecule has 1 atom stereocenters. The molecule has 2 rings (SSSR count). The molecule has 0 saturated heterocycles. The fourth-order valence-electron chi connectivity index (χ4n) is 2.86. The van der Waals surface area contributed by atoms with Crippen LogP contribution in [-0.2, 0) is 13.0 Å². The van der Waals surface area contributed by atoms with Gasteiger partial charge in [-0.2, -0.15) is 5.10 Å². The lowest BCUT2D eigenvalue weighted by molar-refractivity contribution is 0.548. The molecule has 0 radical (unpaired) electrons. The Morgan fingerprint density at radius 2 is 1.96 bits per heavy atom. The van der Waals surface area contributed by atoms with Crippen molar-refractivity contribution >= 4 is 29.9 Å². The van der Waals surface area contributed by atoms with Gasteiger partial charge in [0.25, 0.3) is 0 Å². The first-order valence-corrected chi connectivity index (χ1v) is 9.10. The molecule has 6 heteroatoms. The second-order valence-corrected chi connectivity index (χ2v) is 6.57. The number of rotatable bonds is 8. The van der Waals surface area contributed by atoms with E-state index in [0.29, 0.717) is 6.04 Å². The van der Waals surface area contributed by atoms with Gasteiger partial charge in [0.05, 0.1) is 5.69 Å². The van der Waals surface area contributed by atoms with Crippen LogP contribution in [0.25, 0.3) is 0 Å². The fraction of sp³-hybridized carbons (Fsp3) is 0.500. The first-order chi connectivity index (χ1) is 12.1. The van der Waals surface area contributed by atoms with Crippen molar-refractivity contribution < 1.29 is 0 Å². The third-order valence-electron chi connectivity index (χ3n) is 4.26. The standard InChI is InChI=1S/C20H31N5.HI/c1-16(11-12-19-9-6-5-7-10-19)23-20(21-4)22-13-8-14-25-18(3)15-17(2)24-25;/h5-7,9-10,15-16H,8,11-14H2,1-4H3,(H2,21,22,23);1H. The molecule has 1 aromatic carbocycles. The van der Waals surface area contributed by atoms with Gasteiger partial charge in [0.15, 0.2) is 5.96 Å². The summed E-state index contributed by atoms with van der Waals surface area (Å²) in [6.07, 6.45) is 3.17. The van der Waals surface area contributed by atoms with Gasteiger partial charge in [-0.25, -0.2) is 0 Å². The highest BCUT2D eigenvalue weighted by molar-refractivity contribution is 14.0. The van der Waals surface area contributed by atoms with Crippen LogP contribution in [-0.4, -0.2) is 35.4 Å². The van der Waals surface area contributed by atoms with Gasteiger partial charge in [0.1, 0.15) is 0 Å². The molecule has 0 spiro atoms. The van der Waals surface area contributed by atoms with Crippen LogP contribution in [0.15, 0.2) is 41.4 Å². The molecule has 26 heavy (non-hydrogen) atoms. The van der Waals surface area contributed by atoms with Crippen molar-refractivity contribution in [2.75, 3.05) is 13.6 Å². The fourth-order valence-corrected chi connectivity index (χ4v) is 2.86. The Morgan fingerprint density at radius 3 is 2.58 bits per heavy atom. The van der Waals surface area contributed by atoms with Crippen LogP contribution >= 0.6 is 24.0 Å². The lowest BCUT2D eigenvalue weighted by atomic mass is 10.1. The lowest BCUT2D eigenvalue weighted by Gasteiger charge is -2.18. The average molecular weight is 469 g/mol. The maximum Gasteiger partial charge on any atom is 0.191 e. The SMILES string of the molecule is CN=C(NCCCn1nc(C)cc1C)NC(C)CCc1ccccc1.I. The maximum atomic E-state index is 4.49. The molecule has 144 valence electrons. The van der Waals surface area contributed by atoms with Crippen molar-refractivity contribution in [2.24, 2.45) is 4.99 Å². The first kappa shape index (κ1) is 22.5. The van der Waals surface area contributed by atoms with Gasteiger partial charge in [0.2, 0.25) is 0 Å². The van der Waals surface area contributed by atoms with Gasteiger partial charge in [-0.1, -0.05) is 30.3 Å². The van der Waals surface area contributed by atoms with Crippen molar-refractivity contribution in [2.45, 2.75) is 52.6 Å². The van der Waals surface area contributed by atoms with Crippen molar-refractivity contribution in [3.63, 3.8) is 0 Å². The highest BCUT2D eigenvalue weighted by Crippen LogP contribution is 2.05. The number of nitrogens with zero attached hydrogens (tertiary/aromatic N) is 3. The lowest BCUT2D eigenvalue weighted by Crippen LogP contribution is -2.42. The second kappa shape index (κ2) is 11.9. The minimum Gasteiger partial charge on any atom is -0.356 e. The Morgan fingerprint density at radius 1 is 1.23 bits per heavy atom. The molecule has 1 aromatic heterocycles. The van der Waals surface area contributed by atoms with E-state index in [2.05, 4.69) is 75.7 Å². The number of halogens is 1. The zero-order chi connectivity index (χ0) is 18.1. The maximum absolute atomic E-state index is 4.49. The van der Waals surface area contributed by atoms with Gasteiger partial charge < -0.3 is 10.6 Å².